The SMILES string of the molecule is COC(=O)C(CC#Cc1ccccc1)(C/C=C(/C)CCC=C(C)C)C(=O)OC. The van der Waals surface area contributed by atoms with Crippen LogP contribution in [0.15, 0.2) is 53.6 Å². The number of rotatable bonds is 8. The van der Waals surface area contributed by atoms with Crippen molar-refractivity contribution in [3.8, 4) is 11.8 Å². The molecular formula is C24H30O4. The smallest absolute Gasteiger partial charge is 0.324 e. The van der Waals surface area contributed by atoms with Crippen LogP contribution in [-0.4, -0.2) is 26.2 Å². The van der Waals surface area contributed by atoms with Gasteiger partial charge in [-0.05, 0) is 52.2 Å². The summed E-state index contributed by atoms with van der Waals surface area (Å²) in [7, 11) is 2.55. The molecule has 1 aromatic carbocycles. The van der Waals surface area contributed by atoms with Gasteiger partial charge in [0.25, 0.3) is 0 Å². The Morgan fingerprint density at radius 3 is 2.14 bits per heavy atom. The minimum Gasteiger partial charge on any atom is -0.468 e. The van der Waals surface area contributed by atoms with E-state index in [1.165, 1.54) is 19.8 Å². The molecule has 0 atom stereocenters. The highest BCUT2D eigenvalue weighted by molar-refractivity contribution is 6.00. The second-order valence-corrected chi connectivity index (χ2v) is 6.98. The molecule has 4 heteroatoms. The van der Waals surface area contributed by atoms with Crippen molar-refractivity contribution in [3.05, 3.63) is 59.2 Å². The molecule has 0 amide bonds. The van der Waals surface area contributed by atoms with Crippen LogP contribution in [0.2, 0.25) is 0 Å². The molecule has 0 aliphatic carbocycles. The minimum absolute atomic E-state index is 0.0268. The van der Waals surface area contributed by atoms with Crippen molar-refractivity contribution in [1.82, 2.24) is 0 Å². The van der Waals surface area contributed by atoms with Crippen LogP contribution in [0.25, 0.3) is 0 Å². The molecule has 0 bridgehead atoms. The van der Waals surface area contributed by atoms with Gasteiger partial charge >= 0.3 is 11.9 Å². The van der Waals surface area contributed by atoms with Crippen LogP contribution in [0.4, 0.5) is 0 Å². The van der Waals surface area contributed by atoms with Crippen molar-refractivity contribution >= 4 is 11.9 Å². The first-order chi connectivity index (χ1) is 13.4. The minimum atomic E-state index is -1.47. The molecule has 0 saturated heterocycles. The van der Waals surface area contributed by atoms with E-state index in [1.807, 2.05) is 43.3 Å². The average Bonchev–Trinajstić information content (AvgIpc) is 2.69. The van der Waals surface area contributed by atoms with Crippen LogP contribution in [0.1, 0.15) is 52.0 Å². The zero-order valence-electron chi connectivity index (χ0n) is 17.5. The third kappa shape index (κ3) is 7.08. The maximum Gasteiger partial charge on any atom is 0.324 e. The van der Waals surface area contributed by atoms with Gasteiger partial charge in [0.05, 0.1) is 14.2 Å². The third-order valence-electron chi connectivity index (χ3n) is 4.44. The first-order valence-electron chi connectivity index (χ1n) is 9.35. The van der Waals surface area contributed by atoms with Crippen molar-refractivity contribution in [2.45, 2.75) is 46.5 Å². The molecular weight excluding hydrogens is 352 g/mol. The monoisotopic (exact) mass is 382 g/mol. The summed E-state index contributed by atoms with van der Waals surface area (Å²) in [5.41, 5.74) is 1.72. The predicted molar refractivity (Wildman–Crippen MR) is 111 cm³/mol. The van der Waals surface area contributed by atoms with E-state index < -0.39 is 17.4 Å². The number of hydrogen-bond donors (Lipinski definition) is 0. The Kier molecular flexibility index (Phi) is 9.81. The highest BCUT2D eigenvalue weighted by atomic mass is 16.5. The zero-order valence-corrected chi connectivity index (χ0v) is 17.5. The zero-order chi connectivity index (χ0) is 21.0. The van der Waals surface area contributed by atoms with Gasteiger partial charge in [-0.15, -0.1) is 0 Å². The second kappa shape index (κ2) is 11.8. The van der Waals surface area contributed by atoms with Gasteiger partial charge in [0.1, 0.15) is 0 Å². The van der Waals surface area contributed by atoms with Crippen molar-refractivity contribution in [2.24, 2.45) is 5.41 Å². The Bertz CT molecular complexity index is 756. The molecule has 28 heavy (non-hydrogen) atoms. The molecule has 0 heterocycles. The molecule has 0 fully saturated rings. The van der Waals surface area contributed by atoms with Crippen LogP contribution in [-0.2, 0) is 19.1 Å². The van der Waals surface area contributed by atoms with Gasteiger partial charge in [0.15, 0.2) is 5.41 Å². The molecule has 4 nitrogen and oxygen atoms in total. The van der Waals surface area contributed by atoms with Gasteiger partial charge in [-0.2, -0.15) is 0 Å². The number of esters is 2. The van der Waals surface area contributed by atoms with Crippen molar-refractivity contribution in [3.63, 3.8) is 0 Å². The first-order valence-corrected chi connectivity index (χ1v) is 9.35. The molecule has 0 N–H and O–H groups in total. The second-order valence-electron chi connectivity index (χ2n) is 6.98. The lowest BCUT2D eigenvalue weighted by Crippen LogP contribution is -2.40. The predicted octanol–water partition coefficient (Wildman–Crippen LogP) is 4.84. The van der Waals surface area contributed by atoms with E-state index in [9.17, 15) is 9.59 Å². The van der Waals surface area contributed by atoms with Gasteiger partial charge in [0.2, 0.25) is 0 Å². The van der Waals surface area contributed by atoms with Gasteiger partial charge in [-0.3, -0.25) is 9.59 Å². The Morgan fingerprint density at radius 2 is 1.61 bits per heavy atom. The topological polar surface area (TPSA) is 52.6 Å². The van der Waals surface area contributed by atoms with Crippen LogP contribution in [0.3, 0.4) is 0 Å². The van der Waals surface area contributed by atoms with Crippen LogP contribution >= 0.6 is 0 Å². The molecule has 150 valence electrons. The Balaban J connectivity index is 3.09. The molecule has 0 aliphatic heterocycles. The van der Waals surface area contributed by atoms with E-state index in [-0.39, 0.29) is 12.8 Å². The van der Waals surface area contributed by atoms with E-state index in [0.717, 1.165) is 24.0 Å². The van der Waals surface area contributed by atoms with Gasteiger partial charge < -0.3 is 9.47 Å². The molecule has 0 saturated carbocycles. The number of benzene rings is 1. The Hall–Kier alpha value is -2.80. The van der Waals surface area contributed by atoms with E-state index >= 15 is 0 Å². The summed E-state index contributed by atoms with van der Waals surface area (Å²) in [6.07, 6.45) is 6.07. The fourth-order valence-corrected chi connectivity index (χ4v) is 2.71. The summed E-state index contributed by atoms with van der Waals surface area (Å²) < 4.78 is 9.88. The average molecular weight is 383 g/mol. The van der Waals surface area contributed by atoms with Crippen molar-refractivity contribution in [2.75, 3.05) is 14.2 Å². The normalized spacial score (nSPS) is 11.1. The van der Waals surface area contributed by atoms with E-state index in [4.69, 9.17) is 9.47 Å². The molecule has 0 aromatic heterocycles. The summed E-state index contributed by atoms with van der Waals surface area (Å²) in [5.74, 6) is 4.70. The number of carbonyl (C=O) groups excluding carboxylic acids is 2. The van der Waals surface area contributed by atoms with Crippen molar-refractivity contribution < 1.29 is 19.1 Å². The number of carbonyl (C=O) groups is 2. The summed E-state index contributed by atoms with van der Waals surface area (Å²) in [6, 6.07) is 9.42. The van der Waals surface area contributed by atoms with E-state index in [1.54, 1.807) is 0 Å². The number of methoxy groups -OCH3 is 2. The van der Waals surface area contributed by atoms with E-state index in [2.05, 4.69) is 31.8 Å². The molecule has 0 spiro atoms. The van der Waals surface area contributed by atoms with Crippen LogP contribution in [0.5, 0.6) is 0 Å². The standard InChI is InChI=1S/C24H30O4/c1-19(2)11-9-12-20(3)16-18-24(22(25)27-4,23(26)28-5)17-10-15-21-13-7-6-8-14-21/h6-8,11,13-14,16H,9,12,17-18H2,1-5H3/b20-16-. The van der Waals surface area contributed by atoms with Crippen molar-refractivity contribution in [1.29, 1.82) is 0 Å². The van der Waals surface area contributed by atoms with Gasteiger partial charge in [-0.25, -0.2) is 0 Å². The maximum atomic E-state index is 12.6. The largest absolute Gasteiger partial charge is 0.468 e. The maximum absolute atomic E-state index is 12.6. The van der Waals surface area contributed by atoms with Gasteiger partial charge in [0, 0.05) is 12.0 Å². The molecule has 0 aliphatic rings. The fraction of sp³-hybridized carbons (Fsp3) is 0.417. The third-order valence-corrected chi connectivity index (χ3v) is 4.44. The number of hydrogen-bond acceptors (Lipinski definition) is 4. The highest BCUT2D eigenvalue weighted by Gasteiger charge is 2.47. The van der Waals surface area contributed by atoms with Crippen LogP contribution in [0, 0.1) is 17.3 Å². The Labute approximate surface area is 168 Å². The number of ether oxygens (including phenoxy) is 2. The highest BCUT2D eigenvalue weighted by Crippen LogP contribution is 2.31. The summed E-state index contributed by atoms with van der Waals surface area (Å²) in [4.78, 5) is 25.1. The quantitative estimate of drug-likeness (QED) is 0.279. The lowest BCUT2D eigenvalue weighted by atomic mass is 9.80. The molecule has 1 rings (SSSR count). The first kappa shape index (κ1) is 23.2. The van der Waals surface area contributed by atoms with E-state index in [0.29, 0.717) is 0 Å². The summed E-state index contributed by atoms with van der Waals surface area (Å²) in [6.45, 7) is 6.11. The fourth-order valence-electron chi connectivity index (χ4n) is 2.71. The summed E-state index contributed by atoms with van der Waals surface area (Å²) >= 11 is 0. The summed E-state index contributed by atoms with van der Waals surface area (Å²) in [5, 5.41) is 0. The molecule has 0 unspecified atom stereocenters. The van der Waals surface area contributed by atoms with Crippen LogP contribution < -0.4 is 0 Å². The molecule has 1 aromatic rings. The van der Waals surface area contributed by atoms with Gasteiger partial charge in [-0.1, -0.05) is 53.3 Å². The Morgan fingerprint density at radius 1 is 1.00 bits per heavy atom. The lowest BCUT2D eigenvalue weighted by Gasteiger charge is -2.25. The number of allylic oxidation sites excluding steroid dienone is 4. The lowest BCUT2D eigenvalue weighted by molar-refractivity contribution is -0.168. The molecule has 0 radical (unpaired) electrons.